The molecule has 1 aliphatic rings. The molecule has 0 radical (unpaired) electrons. The summed E-state index contributed by atoms with van der Waals surface area (Å²) in [6.07, 6.45) is 1.06. The van der Waals surface area contributed by atoms with Gasteiger partial charge in [0.25, 0.3) is 5.91 Å². The second kappa shape index (κ2) is 8.60. The minimum Gasteiger partial charge on any atom is -0.317 e. The van der Waals surface area contributed by atoms with Crippen LogP contribution in [-0.2, 0) is 21.4 Å². The normalized spacial score (nSPS) is 18.5. The third kappa shape index (κ3) is 4.32. The summed E-state index contributed by atoms with van der Waals surface area (Å²) >= 11 is 1.23. The number of thiazole rings is 1. The molecule has 2 heterocycles. The number of hydrogen-bond acceptors (Lipinski definition) is 4. The van der Waals surface area contributed by atoms with Crippen LogP contribution >= 0.6 is 11.3 Å². The maximum absolute atomic E-state index is 13.6. The van der Waals surface area contributed by atoms with E-state index in [0.717, 1.165) is 17.6 Å². The molecule has 2 aromatic carbocycles. The Hall–Kier alpha value is -2.43. The largest absolute Gasteiger partial charge is 0.317 e. The summed E-state index contributed by atoms with van der Waals surface area (Å²) in [5, 5.41) is 0. The van der Waals surface area contributed by atoms with Gasteiger partial charge in [-0.3, -0.25) is 4.79 Å². The van der Waals surface area contributed by atoms with Crippen molar-refractivity contribution in [3.05, 3.63) is 58.9 Å². The number of aromatic nitrogens is 1. The zero-order chi connectivity index (χ0) is 22.2. The summed E-state index contributed by atoms with van der Waals surface area (Å²) in [4.78, 5) is 17.6. The number of amides is 1. The van der Waals surface area contributed by atoms with Crippen LogP contribution in [0.25, 0.3) is 10.2 Å². The van der Waals surface area contributed by atoms with Gasteiger partial charge in [0.2, 0.25) is 10.0 Å². The molecule has 0 saturated carbocycles. The van der Waals surface area contributed by atoms with Crippen molar-refractivity contribution in [3.8, 4) is 0 Å². The Labute approximate surface area is 182 Å². The van der Waals surface area contributed by atoms with Crippen molar-refractivity contribution in [1.29, 1.82) is 0 Å². The summed E-state index contributed by atoms with van der Waals surface area (Å²) < 4.78 is 56.3. The first kappa shape index (κ1) is 21.8. The molecule has 31 heavy (non-hydrogen) atoms. The number of hydrogen-bond donors (Lipinski definition) is 0. The highest BCUT2D eigenvalue weighted by Gasteiger charge is 2.33. The Morgan fingerprint density at radius 2 is 1.87 bits per heavy atom. The predicted molar refractivity (Wildman–Crippen MR) is 114 cm³/mol. The highest BCUT2D eigenvalue weighted by atomic mass is 32.2. The van der Waals surface area contributed by atoms with Gasteiger partial charge in [0, 0.05) is 19.6 Å². The Kier molecular flexibility index (Phi) is 6.05. The van der Waals surface area contributed by atoms with Crippen molar-refractivity contribution < 1.29 is 22.0 Å². The number of fused-ring (bicyclic) bond motifs is 1. The number of rotatable bonds is 4. The Morgan fingerprint density at radius 1 is 1.16 bits per heavy atom. The van der Waals surface area contributed by atoms with Crippen LogP contribution in [0, 0.1) is 17.6 Å². The fourth-order valence-corrected chi connectivity index (χ4v) is 6.39. The van der Waals surface area contributed by atoms with Gasteiger partial charge in [-0.1, -0.05) is 11.3 Å². The molecule has 3 aromatic rings. The Morgan fingerprint density at radius 3 is 2.58 bits per heavy atom. The van der Waals surface area contributed by atoms with Gasteiger partial charge in [-0.15, -0.1) is 0 Å². The van der Waals surface area contributed by atoms with E-state index in [1.165, 1.54) is 39.9 Å². The first-order chi connectivity index (χ1) is 14.8. The van der Waals surface area contributed by atoms with Gasteiger partial charge >= 0.3 is 0 Å². The van der Waals surface area contributed by atoms with E-state index >= 15 is 0 Å². The molecule has 1 aromatic heterocycles. The van der Waals surface area contributed by atoms with Gasteiger partial charge in [0.15, 0.2) is 4.80 Å². The van der Waals surface area contributed by atoms with Gasteiger partial charge in [-0.25, -0.2) is 17.2 Å². The first-order valence-corrected chi connectivity index (χ1v) is 12.2. The molecule has 0 bridgehead atoms. The van der Waals surface area contributed by atoms with Crippen molar-refractivity contribution in [2.45, 2.75) is 31.2 Å². The molecule has 6 nitrogen and oxygen atoms in total. The molecule has 1 amide bonds. The van der Waals surface area contributed by atoms with Crippen molar-refractivity contribution >= 4 is 37.5 Å². The molecule has 1 aliphatic heterocycles. The molecular formula is C21H21F2N3O3S2. The standard InChI is InChI=1S/C21H21F2N3O3S2/c1-2-26-18-10-7-16(23)12-19(18)30-21(26)24-20(27)14-4-3-11-25(13-14)31(28,29)17-8-5-15(22)6-9-17/h5-10,12,14H,2-4,11,13H2,1H3. The second-order valence-corrected chi connectivity index (χ2v) is 10.3. The lowest BCUT2D eigenvalue weighted by molar-refractivity contribution is -0.122. The molecule has 4 rings (SSSR count). The van der Waals surface area contributed by atoms with E-state index in [9.17, 15) is 22.0 Å². The van der Waals surface area contributed by atoms with Crippen molar-refractivity contribution in [2.24, 2.45) is 10.9 Å². The molecule has 0 aliphatic carbocycles. The highest BCUT2D eigenvalue weighted by molar-refractivity contribution is 7.89. The van der Waals surface area contributed by atoms with E-state index in [4.69, 9.17) is 0 Å². The van der Waals surface area contributed by atoms with Gasteiger partial charge in [-0.2, -0.15) is 9.30 Å². The Bertz CT molecular complexity index is 1300. The lowest BCUT2D eigenvalue weighted by Gasteiger charge is -2.30. The third-order valence-corrected chi connectivity index (χ3v) is 8.27. The number of piperidine rings is 1. The SMILES string of the molecule is CCn1c(=NC(=O)C2CCCN(S(=O)(=O)c3ccc(F)cc3)C2)sc2cc(F)ccc21. The van der Waals surface area contributed by atoms with E-state index in [0.29, 0.717) is 35.4 Å². The summed E-state index contributed by atoms with van der Waals surface area (Å²) in [5.41, 5.74) is 0.796. The molecule has 0 N–H and O–H groups in total. The third-order valence-electron chi connectivity index (χ3n) is 5.35. The second-order valence-electron chi connectivity index (χ2n) is 7.35. The number of aryl methyl sites for hydroxylation is 1. The monoisotopic (exact) mass is 465 g/mol. The first-order valence-electron chi connectivity index (χ1n) is 9.93. The van der Waals surface area contributed by atoms with Crippen LogP contribution in [0.4, 0.5) is 8.78 Å². The number of halogens is 2. The summed E-state index contributed by atoms with van der Waals surface area (Å²) in [5.74, 6) is -1.84. The molecular weight excluding hydrogens is 444 g/mol. The Balaban J connectivity index is 1.61. The highest BCUT2D eigenvalue weighted by Crippen LogP contribution is 2.25. The van der Waals surface area contributed by atoms with Crippen LogP contribution in [0.15, 0.2) is 52.4 Å². The summed E-state index contributed by atoms with van der Waals surface area (Å²) in [6.45, 7) is 2.79. The zero-order valence-electron chi connectivity index (χ0n) is 16.8. The van der Waals surface area contributed by atoms with Gasteiger partial charge in [0.05, 0.1) is 21.0 Å². The summed E-state index contributed by atoms with van der Waals surface area (Å²) in [7, 11) is -3.83. The minimum atomic E-state index is -3.83. The fourth-order valence-electron chi connectivity index (χ4n) is 3.74. The smallest absolute Gasteiger partial charge is 0.252 e. The maximum Gasteiger partial charge on any atom is 0.252 e. The van der Waals surface area contributed by atoms with Crippen LogP contribution in [0.2, 0.25) is 0 Å². The van der Waals surface area contributed by atoms with Crippen molar-refractivity contribution in [2.75, 3.05) is 13.1 Å². The lowest BCUT2D eigenvalue weighted by atomic mass is 9.99. The van der Waals surface area contributed by atoms with Gasteiger partial charge in [0.1, 0.15) is 11.6 Å². The topological polar surface area (TPSA) is 71.7 Å². The number of nitrogens with zero attached hydrogens (tertiary/aromatic N) is 3. The zero-order valence-corrected chi connectivity index (χ0v) is 18.4. The number of benzene rings is 2. The molecule has 0 spiro atoms. The molecule has 164 valence electrons. The van der Waals surface area contributed by atoms with Crippen LogP contribution in [-0.4, -0.2) is 36.3 Å². The quantitative estimate of drug-likeness (QED) is 0.592. The molecule has 1 fully saturated rings. The van der Waals surface area contributed by atoms with E-state index < -0.39 is 27.7 Å². The molecule has 10 heteroatoms. The van der Waals surface area contributed by atoms with Crippen LogP contribution in [0.1, 0.15) is 19.8 Å². The van der Waals surface area contributed by atoms with Crippen LogP contribution < -0.4 is 4.80 Å². The van der Waals surface area contributed by atoms with Crippen LogP contribution in [0.5, 0.6) is 0 Å². The molecule has 1 unspecified atom stereocenters. The number of carbonyl (C=O) groups is 1. The van der Waals surface area contributed by atoms with Gasteiger partial charge in [-0.05, 0) is 62.2 Å². The maximum atomic E-state index is 13.6. The van der Waals surface area contributed by atoms with E-state index in [1.54, 1.807) is 6.07 Å². The molecule has 1 atom stereocenters. The van der Waals surface area contributed by atoms with E-state index in [1.807, 2.05) is 11.5 Å². The molecule has 1 saturated heterocycles. The van der Waals surface area contributed by atoms with Gasteiger partial charge < -0.3 is 4.57 Å². The van der Waals surface area contributed by atoms with Crippen LogP contribution in [0.3, 0.4) is 0 Å². The summed E-state index contributed by atoms with van der Waals surface area (Å²) in [6, 6.07) is 9.08. The lowest BCUT2D eigenvalue weighted by Crippen LogP contribution is -2.42. The average Bonchev–Trinajstić information content (AvgIpc) is 3.10. The predicted octanol–water partition coefficient (Wildman–Crippen LogP) is 3.53. The van der Waals surface area contributed by atoms with E-state index in [2.05, 4.69) is 4.99 Å². The average molecular weight is 466 g/mol. The van der Waals surface area contributed by atoms with Crippen molar-refractivity contribution in [3.63, 3.8) is 0 Å². The number of carbonyl (C=O) groups excluding carboxylic acids is 1. The van der Waals surface area contributed by atoms with E-state index in [-0.39, 0.29) is 17.3 Å². The fraction of sp³-hybridized carbons (Fsp3) is 0.333. The minimum absolute atomic E-state index is 0.00528. The number of sulfonamides is 1. The van der Waals surface area contributed by atoms with Crippen molar-refractivity contribution in [1.82, 2.24) is 8.87 Å².